The molecule has 0 aliphatic carbocycles. The topological polar surface area (TPSA) is 18.5 Å². The fourth-order valence-electron chi connectivity index (χ4n) is 3.26. The largest absolute Gasteiger partial charge is 0.497 e. The summed E-state index contributed by atoms with van der Waals surface area (Å²) in [5.41, 5.74) is 3.68. The molecule has 0 saturated heterocycles. The Kier molecular flexibility index (Phi) is 3.13. The molecule has 110 valence electrons. The molecule has 21 heavy (non-hydrogen) atoms. The van der Waals surface area contributed by atoms with Crippen molar-refractivity contribution in [2.75, 3.05) is 7.11 Å². The predicted molar refractivity (Wildman–Crippen MR) is 90.5 cm³/mol. The highest BCUT2D eigenvalue weighted by Crippen LogP contribution is 2.35. The maximum absolute atomic E-state index is 6.31. The minimum absolute atomic E-state index is 0.920. The number of aryl methyl sites for hydroxylation is 3. The third-order valence-electron chi connectivity index (χ3n) is 4.45. The van der Waals surface area contributed by atoms with Crippen LogP contribution in [0, 0.1) is 20.8 Å². The highest BCUT2D eigenvalue weighted by Gasteiger charge is 2.38. The zero-order valence-electron chi connectivity index (χ0n) is 13.6. The van der Waals surface area contributed by atoms with Crippen LogP contribution in [-0.4, -0.2) is 15.2 Å². The van der Waals surface area contributed by atoms with Gasteiger partial charge in [-0.05, 0) is 54.4 Å². The van der Waals surface area contributed by atoms with E-state index in [1.54, 1.807) is 7.11 Å². The summed E-state index contributed by atoms with van der Waals surface area (Å²) in [4.78, 5) is 0. The van der Waals surface area contributed by atoms with Crippen LogP contribution in [-0.2, 0) is 0 Å². The molecule has 0 amide bonds. The van der Waals surface area contributed by atoms with E-state index < -0.39 is 8.07 Å². The van der Waals surface area contributed by atoms with Gasteiger partial charge in [-0.2, -0.15) is 0 Å². The van der Waals surface area contributed by atoms with Gasteiger partial charge in [0.2, 0.25) is 0 Å². The smallest absolute Gasteiger partial charge is 0.130 e. The molecule has 0 aromatic heterocycles. The third-order valence-corrected chi connectivity index (χ3v) is 7.89. The molecule has 0 spiro atoms. The molecule has 2 nitrogen and oxygen atoms in total. The first-order valence-electron chi connectivity index (χ1n) is 7.33. The van der Waals surface area contributed by atoms with Crippen molar-refractivity contribution in [1.82, 2.24) is 0 Å². The van der Waals surface area contributed by atoms with Gasteiger partial charge in [-0.25, -0.2) is 0 Å². The van der Waals surface area contributed by atoms with E-state index in [9.17, 15) is 0 Å². The van der Waals surface area contributed by atoms with Crippen LogP contribution in [0.25, 0.3) is 0 Å². The Morgan fingerprint density at radius 3 is 2.05 bits per heavy atom. The van der Waals surface area contributed by atoms with Crippen LogP contribution in [0.3, 0.4) is 0 Å². The lowest BCUT2D eigenvalue weighted by Gasteiger charge is -2.35. The highest BCUT2D eigenvalue weighted by molar-refractivity contribution is 7.01. The van der Waals surface area contributed by atoms with Crippen LogP contribution in [0.5, 0.6) is 17.2 Å². The van der Waals surface area contributed by atoms with Crippen LogP contribution in [0.4, 0.5) is 0 Å². The average molecular weight is 298 g/mol. The Morgan fingerprint density at radius 2 is 1.43 bits per heavy atom. The van der Waals surface area contributed by atoms with Crippen molar-refractivity contribution in [3.63, 3.8) is 0 Å². The normalized spacial score (nSPS) is 15.0. The van der Waals surface area contributed by atoms with Gasteiger partial charge in [0.1, 0.15) is 25.3 Å². The van der Waals surface area contributed by atoms with Gasteiger partial charge in [-0.3, -0.25) is 0 Å². The summed E-state index contributed by atoms with van der Waals surface area (Å²) in [5.74, 6) is 3.02. The number of ether oxygens (including phenoxy) is 2. The minimum atomic E-state index is -1.78. The molecule has 1 aliphatic rings. The summed E-state index contributed by atoms with van der Waals surface area (Å²) in [6, 6.07) is 8.71. The van der Waals surface area contributed by atoms with Crippen LogP contribution in [0.1, 0.15) is 16.7 Å². The molecule has 0 unspecified atom stereocenters. The summed E-state index contributed by atoms with van der Waals surface area (Å²) in [6.45, 7) is 11.2. The second kappa shape index (κ2) is 4.63. The zero-order valence-corrected chi connectivity index (χ0v) is 14.6. The Balaban J connectivity index is 2.31. The molecule has 0 N–H and O–H groups in total. The van der Waals surface area contributed by atoms with E-state index in [1.807, 2.05) is 0 Å². The molecule has 2 aromatic carbocycles. The van der Waals surface area contributed by atoms with Crippen molar-refractivity contribution in [2.24, 2.45) is 0 Å². The lowest BCUT2D eigenvalue weighted by atomic mass is 10.1. The maximum Gasteiger partial charge on any atom is 0.130 e. The highest BCUT2D eigenvalue weighted by atomic mass is 28.3. The number of benzene rings is 2. The standard InChI is InChI=1S/C18H22O2Si/c1-11-7-12(2)17-15(8-11)21(5,6)16-10-14(19-4)9-13(3)18(16)20-17/h7-10H,1-6H3. The van der Waals surface area contributed by atoms with Gasteiger partial charge in [0.15, 0.2) is 0 Å². The average Bonchev–Trinajstić information content (AvgIpc) is 2.41. The Labute approximate surface area is 127 Å². The number of hydrogen-bond acceptors (Lipinski definition) is 2. The predicted octanol–water partition coefficient (Wildman–Crippen LogP) is 3.55. The van der Waals surface area contributed by atoms with Crippen molar-refractivity contribution in [2.45, 2.75) is 33.9 Å². The van der Waals surface area contributed by atoms with E-state index in [4.69, 9.17) is 9.47 Å². The molecule has 1 aliphatic heterocycles. The molecule has 0 fully saturated rings. The molecule has 1 heterocycles. The molecule has 0 bridgehead atoms. The van der Waals surface area contributed by atoms with Gasteiger partial charge in [-0.1, -0.05) is 30.8 Å². The van der Waals surface area contributed by atoms with Crippen molar-refractivity contribution < 1.29 is 9.47 Å². The van der Waals surface area contributed by atoms with Crippen LogP contribution in [0.15, 0.2) is 24.3 Å². The summed E-state index contributed by atoms with van der Waals surface area (Å²) in [5, 5.41) is 2.72. The Bertz CT molecular complexity index is 732. The first-order chi connectivity index (χ1) is 9.84. The van der Waals surface area contributed by atoms with Gasteiger partial charge in [0.05, 0.1) is 7.11 Å². The fraction of sp³-hybridized carbons (Fsp3) is 0.333. The fourth-order valence-corrected chi connectivity index (χ4v) is 6.27. The summed E-state index contributed by atoms with van der Waals surface area (Å²) in [6.07, 6.45) is 0. The summed E-state index contributed by atoms with van der Waals surface area (Å²) >= 11 is 0. The summed E-state index contributed by atoms with van der Waals surface area (Å²) in [7, 11) is -0.0548. The second-order valence-electron chi connectivity index (χ2n) is 6.51. The molecule has 3 rings (SSSR count). The van der Waals surface area contributed by atoms with E-state index in [1.165, 1.54) is 21.5 Å². The molecular formula is C18H22O2Si. The molecule has 2 aromatic rings. The zero-order chi connectivity index (χ0) is 15.4. The van der Waals surface area contributed by atoms with Crippen molar-refractivity contribution >= 4 is 18.4 Å². The first-order valence-corrected chi connectivity index (χ1v) is 10.3. The van der Waals surface area contributed by atoms with Crippen molar-refractivity contribution in [1.29, 1.82) is 0 Å². The van der Waals surface area contributed by atoms with E-state index in [-0.39, 0.29) is 0 Å². The van der Waals surface area contributed by atoms with Gasteiger partial charge in [-0.15, -0.1) is 0 Å². The number of hydrogen-bond donors (Lipinski definition) is 0. The van der Waals surface area contributed by atoms with Gasteiger partial charge < -0.3 is 9.47 Å². The number of fused-ring (bicyclic) bond motifs is 2. The molecule has 0 saturated carbocycles. The molecule has 0 radical (unpaired) electrons. The van der Waals surface area contributed by atoms with E-state index in [0.717, 1.165) is 22.8 Å². The lowest BCUT2D eigenvalue weighted by molar-refractivity contribution is 0.412. The monoisotopic (exact) mass is 298 g/mol. The molecule has 3 heteroatoms. The Morgan fingerprint density at radius 1 is 0.857 bits per heavy atom. The quantitative estimate of drug-likeness (QED) is 0.750. The third kappa shape index (κ3) is 2.07. The van der Waals surface area contributed by atoms with E-state index >= 15 is 0 Å². The van der Waals surface area contributed by atoms with E-state index in [2.05, 4.69) is 58.1 Å². The van der Waals surface area contributed by atoms with Crippen LogP contribution in [0.2, 0.25) is 13.1 Å². The van der Waals surface area contributed by atoms with E-state index in [0.29, 0.717) is 0 Å². The van der Waals surface area contributed by atoms with Crippen LogP contribution < -0.4 is 19.8 Å². The van der Waals surface area contributed by atoms with Gasteiger partial charge in [0.25, 0.3) is 0 Å². The maximum atomic E-state index is 6.31. The Hall–Kier alpha value is -1.74. The van der Waals surface area contributed by atoms with Crippen LogP contribution >= 0.6 is 0 Å². The second-order valence-corrected chi connectivity index (χ2v) is 10.8. The minimum Gasteiger partial charge on any atom is -0.497 e. The van der Waals surface area contributed by atoms with Crippen molar-refractivity contribution in [3.05, 3.63) is 41.0 Å². The number of methoxy groups -OCH3 is 1. The summed E-state index contributed by atoms with van der Waals surface area (Å²) < 4.78 is 11.8. The molecular weight excluding hydrogens is 276 g/mol. The molecule has 0 atom stereocenters. The van der Waals surface area contributed by atoms with Gasteiger partial charge in [0, 0.05) is 0 Å². The SMILES string of the molecule is COc1cc(C)c2c(c1)[Si](C)(C)c1cc(C)cc(C)c1O2. The van der Waals surface area contributed by atoms with Crippen molar-refractivity contribution in [3.8, 4) is 17.2 Å². The van der Waals surface area contributed by atoms with Gasteiger partial charge >= 0.3 is 0 Å². The first kappa shape index (κ1) is 14.2. The lowest BCUT2D eigenvalue weighted by Crippen LogP contribution is -2.56. The number of rotatable bonds is 1.